The molecule has 0 aliphatic heterocycles. The molecule has 0 aliphatic carbocycles. The minimum absolute atomic E-state index is 0.0881. The summed E-state index contributed by atoms with van der Waals surface area (Å²) >= 11 is 1.32. The lowest BCUT2D eigenvalue weighted by Crippen LogP contribution is -2.24. The van der Waals surface area contributed by atoms with Crippen molar-refractivity contribution >= 4 is 17.2 Å². The van der Waals surface area contributed by atoms with Crippen LogP contribution in [-0.2, 0) is 6.54 Å². The Hall–Kier alpha value is -2.61. The summed E-state index contributed by atoms with van der Waals surface area (Å²) in [6.07, 6.45) is 10.7. The van der Waals surface area contributed by atoms with Crippen LogP contribution in [0, 0.1) is 6.92 Å². The first kappa shape index (κ1) is 16.3. The number of nitrogens with zero attached hydrogens (tertiary/aromatic N) is 5. The molecule has 0 fully saturated rings. The van der Waals surface area contributed by atoms with Gasteiger partial charge in [-0.2, -0.15) is 0 Å². The van der Waals surface area contributed by atoms with Crippen LogP contribution in [0.1, 0.15) is 28.2 Å². The number of thiazole rings is 1. The zero-order chi connectivity index (χ0) is 16.8. The van der Waals surface area contributed by atoms with E-state index in [4.69, 9.17) is 0 Å². The van der Waals surface area contributed by atoms with Gasteiger partial charge in [0.15, 0.2) is 10.8 Å². The number of carbonyl (C=O) groups excluding carboxylic acids is 1. The van der Waals surface area contributed by atoms with E-state index in [1.54, 1.807) is 31.0 Å². The fourth-order valence-corrected chi connectivity index (χ4v) is 3.16. The van der Waals surface area contributed by atoms with E-state index in [-0.39, 0.29) is 5.91 Å². The average Bonchev–Trinajstić information content (AvgIpc) is 3.25. The van der Waals surface area contributed by atoms with E-state index < -0.39 is 0 Å². The average molecular weight is 342 g/mol. The Balaban J connectivity index is 1.51. The third-order valence-corrected chi connectivity index (χ3v) is 4.60. The van der Waals surface area contributed by atoms with Gasteiger partial charge in [0.2, 0.25) is 0 Å². The first-order chi connectivity index (χ1) is 11.7. The fourth-order valence-electron chi connectivity index (χ4n) is 2.23. The van der Waals surface area contributed by atoms with Crippen molar-refractivity contribution in [1.29, 1.82) is 0 Å². The maximum atomic E-state index is 12.3. The predicted octanol–water partition coefficient (Wildman–Crippen LogP) is 2.32. The zero-order valence-corrected chi connectivity index (χ0v) is 14.2. The van der Waals surface area contributed by atoms with Crippen molar-refractivity contribution in [3.8, 4) is 10.8 Å². The van der Waals surface area contributed by atoms with E-state index in [1.807, 2.05) is 17.7 Å². The molecule has 0 saturated carbocycles. The van der Waals surface area contributed by atoms with Gasteiger partial charge in [-0.25, -0.2) is 19.9 Å². The predicted molar refractivity (Wildman–Crippen MR) is 91.7 cm³/mol. The molecule has 3 heterocycles. The SMILES string of the molecule is Cc1nc(-c2ncccn2)sc1C(=O)NCCCCn1ccnc1. The molecule has 7 nitrogen and oxygen atoms in total. The molecule has 1 amide bonds. The summed E-state index contributed by atoms with van der Waals surface area (Å²) in [6, 6.07) is 1.75. The van der Waals surface area contributed by atoms with Crippen LogP contribution in [-0.4, -0.2) is 37.0 Å². The van der Waals surface area contributed by atoms with Crippen molar-refractivity contribution in [3.63, 3.8) is 0 Å². The molecule has 24 heavy (non-hydrogen) atoms. The van der Waals surface area contributed by atoms with E-state index in [0.717, 1.165) is 19.4 Å². The molecular formula is C16H18N6OS. The highest BCUT2D eigenvalue weighted by molar-refractivity contribution is 7.17. The summed E-state index contributed by atoms with van der Waals surface area (Å²) in [6.45, 7) is 3.38. The largest absolute Gasteiger partial charge is 0.351 e. The highest BCUT2D eigenvalue weighted by atomic mass is 32.1. The van der Waals surface area contributed by atoms with Gasteiger partial charge in [0.05, 0.1) is 12.0 Å². The number of rotatable bonds is 7. The van der Waals surface area contributed by atoms with E-state index in [0.29, 0.717) is 27.9 Å². The summed E-state index contributed by atoms with van der Waals surface area (Å²) in [5, 5.41) is 3.62. The number of aryl methyl sites for hydroxylation is 2. The van der Waals surface area contributed by atoms with Gasteiger partial charge in [-0.05, 0) is 25.8 Å². The Labute approximate surface area is 143 Å². The standard InChI is InChI=1S/C16H18N6OS/c1-12-13(24-16(21-12)14-18-6-4-7-19-14)15(23)20-5-2-3-9-22-10-8-17-11-22/h4,6-8,10-11H,2-3,5,9H2,1H3,(H,20,23). The first-order valence-electron chi connectivity index (χ1n) is 7.73. The van der Waals surface area contributed by atoms with Gasteiger partial charge in [-0.3, -0.25) is 4.79 Å². The van der Waals surface area contributed by atoms with Crippen molar-refractivity contribution in [1.82, 2.24) is 29.8 Å². The number of unbranched alkanes of at least 4 members (excludes halogenated alkanes) is 1. The summed E-state index contributed by atoms with van der Waals surface area (Å²) < 4.78 is 2.03. The Morgan fingerprint density at radius 3 is 2.83 bits per heavy atom. The summed E-state index contributed by atoms with van der Waals surface area (Å²) in [7, 11) is 0. The topological polar surface area (TPSA) is 85.6 Å². The number of hydrogen-bond acceptors (Lipinski definition) is 6. The van der Waals surface area contributed by atoms with Gasteiger partial charge in [0.1, 0.15) is 4.88 Å². The molecule has 3 rings (SSSR count). The summed E-state index contributed by atoms with van der Waals surface area (Å²) in [4.78, 5) is 29.7. The van der Waals surface area contributed by atoms with Crippen molar-refractivity contribution in [2.75, 3.05) is 6.54 Å². The van der Waals surface area contributed by atoms with Crippen molar-refractivity contribution in [2.45, 2.75) is 26.3 Å². The van der Waals surface area contributed by atoms with Crippen LogP contribution in [0.4, 0.5) is 0 Å². The Morgan fingerprint density at radius 1 is 1.25 bits per heavy atom. The second-order valence-electron chi connectivity index (χ2n) is 5.27. The van der Waals surface area contributed by atoms with Crippen LogP contribution in [0.2, 0.25) is 0 Å². The number of hydrogen-bond donors (Lipinski definition) is 1. The van der Waals surface area contributed by atoms with Crippen molar-refractivity contribution < 1.29 is 4.79 Å². The second kappa shape index (κ2) is 7.78. The van der Waals surface area contributed by atoms with E-state index in [2.05, 4.69) is 25.3 Å². The van der Waals surface area contributed by atoms with Crippen molar-refractivity contribution in [3.05, 3.63) is 47.8 Å². The number of amides is 1. The fraction of sp³-hybridized carbons (Fsp3) is 0.312. The van der Waals surface area contributed by atoms with E-state index in [9.17, 15) is 4.79 Å². The smallest absolute Gasteiger partial charge is 0.263 e. The molecule has 1 N–H and O–H groups in total. The highest BCUT2D eigenvalue weighted by Crippen LogP contribution is 2.24. The highest BCUT2D eigenvalue weighted by Gasteiger charge is 2.16. The molecule has 0 unspecified atom stereocenters. The molecular weight excluding hydrogens is 324 g/mol. The minimum Gasteiger partial charge on any atom is -0.351 e. The molecule has 3 aromatic heterocycles. The maximum absolute atomic E-state index is 12.3. The molecule has 0 saturated heterocycles. The quantitative estimate of drug-likeness (QED) is 0.666. The Kier molecular flexibility index (Phi) is 5.27. The lowest BCUT2D eigenvalue weighted by Gasteiger charge is -2.04. The lowest BCUT2D eigenvalue weighted by molar-refractivity contribution is 0.0956. The van der Waals surface area contributed by atoms with Gasteiger partial charge in [-0.15, -0.1) is 11.3 Å². The van der Waals surface area contributed by atoms with Gasteiger partial charge in [0.25, 0.3) is 5.91 Å². The van der Waals surface area contributed by atoms with Gasteiger partial charge in [0, 0.05) is 37.9 Å². The molecule has 8 heteroatoms. The van der Waals surface area contributed by atoms with Crippen molar-refractivity contribution in [2.24, 2.45) is 0 Å². The van der Waals surface area contributed by atoms with Crippen LogP contribution >= 0.6 is 11.3 Å². The Bertz CT molecular complexity index is 784. The molecule has 0 atom stereocenters. The van der Waals surface area contributed by atoms with Gasteiger partial charge in [-0.1, -0.05) is 0 Å². The number of carbonyl (C=O) groups is 1. The number of imidazole rings is 1. The molecule has 3 aromatic rings. The molecule has 0 radical (unpaired) electrons. The monoisotopic (exact) mass is 342 g/mol. The van der Waals surface area contributed by atoms with Crippen LogP contribution in [0.25, 0.3) is 10.8 Å². The normalized spacial score (nSPS) is 10.7. The Morgan fingerprint density at radius 2 is 2.08 bits per heavy atom. The second-order valence-corrected chi connectivity index (χ2v) is 6.27. The molecule has 0 aromatic carbocycles. The first-order valence-corrected chi connectivity index (χ1v) is 8.54. The molecule has 0 bridgehead atoms. The minimum atomic E-state index is -0.0881. The van der Waals surface area contributed by atoms with Gasteiger partial charge < -0.3 is 9.88 Å². The van der Waals surface area contributed by atoms with Crippen LogP contribution < -0.4 is 5.32 Å². The summed E-state index contributed by atoms with van der Waals surface area (Å²) in [5.74, 6) is 0.458. The molecule has 0 spiro atoms. The third-order valence-electron chi connectivity index (χ3n) is 3.45. The molecule has 124 valence electrons. The van der Waals surface area contributed by atoms with E-state index >= 15 is 0 Å². The van der Waals surface area contributed by atoms with Crippen LogP contribution in [0.3, 0.4) is 0 Å². The number of nitrogens with one attached hydrogen (secondary N) is 1. The van der Waals surface area contributed by atoms with Gasteiger partial charge >= 0.3 is 0 Å². The zero-order valence-electron chi connectivity index (χ0n) is 13.3. The third kappa shape index (κ3) is 4.02. The number of aromatic nitrogens is 5. The lowest BCUT2D eigenvalue weighted by atomic mass is 10.3. The summed E-state index contributed by atoms with van der Waals surface area (Å²) in [5.41, 5.74) is 0.707. The maximum Gasteiger partial charge on any atom is 0.263 e. The van der Waals surface area contributed by atoms with Crippen LogP contribution in [0.5, 0.6) is 0 Å². The molecule has 0 aliphatic rings. The van der Waals surface area contributed by atoms with Crippen LogP contribution in [0.15, 0.2) is 37.2 Å². The van der Waals surface area contributed by atoms with E-state index in [1.165, 1.54) is 11.3 Å².